The van der Waals surface area contributed by atoms with Gasteiger partial charge in [-0.3, -0.25) is 9.97 Å². The molecule has 42 heavy (non-hydrogen) atoms. The number of hydrogen-bond acceptors (Lipinski definition) is 3. The number of nitrogens with zero attached hydrogens (tertiary/aromatic N) is 3. The van der Waals surface area contributed by atoms with Crippen LogP contribution in [0.25, 0.3) is 11.0 Å². The summed E-state index contributed by atoms with van der Waals surface area (Å²) in [5.74, 6) is 0. The Bertz CT molecular complexity index is 1350. The van der Waals surface area contributed by atoms with E-state index in [-0.39, 0.29) is 16.2 Å². The van der Waals surface area contributed by atoms with Crippen molar-refractivity contribution < 1.29 is 0 Å². The van der Waals surface area contributed by atoms with Crippen LogP contribution in [-0.4, -0.2) is 19.9 Å². The number of fused-ring (bicyclic) bond motifs is 1. The maximum absolute atomic E-state index is 4.26. The summed E-state index contributed by atoms with van der Waals surface area (Å²) in [6.45, 7) is 26.5. The molecule has 1 aliphatic carbocycles. The lowest BCUT2D eigenvalue weighted by Gasteiger charge is -2.18. The number of H-pyrrole nitrogens is 1. The molecule has 226 valence electrons. The van der Waals surface area contributed by atoms with Crippen molar-refractivity contribution in [3.63, 3.8) is 0 Å². The van der Waals surface area contributed by atoms with Crippen molar-refractivity contribution in [3.05, 3.63) is 114 Å². The quantitative estimate of drug-likeness (QED) is 0.230. The van der Waals surface area contributed by atoms with Crippen LogP contribution in [0, 0.1) is 5.41 Å². The first-order valence-corrected chi connectivity index (χ1v) is 15.0. The van der Waals surface area contributed by atoms with Gasteiger partial charge in [0.25, 0.3) is 0 Å². The first-order valence-electron chi connectivity index (χ1n) is 15.0. The number of rotatable bonds is 0. The summed E-state index contributed by atoms with van der Waals surface area (Å²) in [4.78, 5) is 15.5. The minimum absolute atomic E-state index is 0.182. The third-order valence-corrected chi connectivity index (χ3v) is 6.97. The minimum Gasteiger partial charge on any atom is -0.346 e. The van der Waals surface area contributed by atoms with Crippen LogP contribution in [0.1, 0.15) is 106 Å². The first-order chi connectivity index (χ1) is 19.4. The summed E-state index contributed by atoms with van der Waals surface area (Å²) in [5.41, 5.74) is 7.42. The van der Waals surface area contributed by atoms with E-state index in [9.17, 15) is 0 Å². The molecule has 0 atom stereocenters. The number of hydrogen-bond donors (Lipinski definition) is 1. The number of aromatic nitrogens is 4. The van der Waals surface area contributed by atoms with Gasteiger partial charge >= 0.3 is 0 Å². The van der Waals surface area contributed by atoms with Gasteiger partial charge in [-0.05, 0) is 80.7 Å². The lowest BCUT2D eigenvalue weighted by atomic mass is 9.87. The Morgan fingerprint density at radius 3 is 1.64 bits per heavy atom. The van der Waals surface area contributed by atoms with E-state index in [1.54, 1.807) is 6.20 Å². The lowest BCUT2D eigenvalue weighted by molar-refractivity contribution is 0.518. The predicted octanol–water partition coefficient (Wildman–Crippen LogP) is 10.5. The summed E-state index contributed by atoms with van der Waals surface area (Å²) in [6.07, 6.45) is 19.1. The maximum atomic E-state index is 4.26. The highest BCUT2D eigenvalue weighted by molar-refractivity contribution is 5.80. The highest BCUT2D eigenvalue weighted by atomic mass is 14.8. The molecule has 4 aromatic rings. The Labute approximate surface area is 255 Å². The molecule has 0 saturated carbocycles. The van der Waals surface area contributed by atoms with E-state index in [0.717, 1.165) is 12.1 Å². The standard InChI is InChI=1S/C11H14N2.2C9H13N.C9H14/c1-11(2,3)9-7-13-10-8(9)5-4-6-12-10;1-9(2,3)8-4-6-10-7-5-8;1-9(2,3)8-5-4-6-10-7-8;1-9(2,3)8-6-4-5-7-8/h4-7H,1-3H3,(H,12,13);2*4-7H,1-3H3;4,6-7H,5H2,1-3H3. The van der Waals surface area contributed by atoms with E-state index >= 15 is 0 Å². The highest BCUT2D eigenvalue weighted by Crippen LogP contribution is 2.30. The normalized spacial score (nSPS) is 13.2. The van der Waals surface area contributed by atoms with E-state index in [1.807, 2.05) is 36.9 Å². The highest BCUT2D eigenvalue weighted by Gasteiger charge is 2.18. The van der Waals surface area contributed by atoms with Gasteiger partial charge in [-0.1, -0.05) is 107 Å². The van der Waals surface area contributed by atoms with Crippen molar-refractivity contribution >= 4 is 11.0 Å². The molecule has 0 amide bonds. The Morgan fingerprint density at radius 2 is 1.24 bits per heavy atom. The fourth-order valence-corrected chi connectivity index (χ4v) is 4.25. The van der Waals surface area contributed by atoms with Gasteiger partial charge < -0.3 is 4.98 Å². The molecule has 0 saturated heterocycles. The average Bonchev–Trinajstić information content (AvgIpc) is 3.61. The van der Waals surface area contributed by atoms with Gasteiger partial charge in [-0.2, -0.15) is 0 Å². The van der Waals surface area contributed by atoms with E-state index in [0.29, 0.717) is 5.41 Å². The van der Waals surface area contributed by atoms with Crippen LogP contribution in [0.3, 0.4) is 0 Å². The van der Waals surface area contributed by atoms with Gasteiger partial charge in [-0.25, -0.2) is 4.98 Å². The number of aromatic amines is 1. The summed E-state index contributed by atoms with van der Waals surface area (Å²) in [7, 11) is 0. The SMILES string of the molecule is CC(C)(C)C1=CCC=C1.CC(C)(C)c1c[nH]c2ncccc12.CC(C)(C)c1cccnc1.CC(C)(C)c1ccncc1. The Balaban J connectivity index is 0.000000198. The molecule has 0 radical (unpaired) electrons. The lowest BCUT2D eigenvalue weighted by Crippen LogP contribution is -2.10. The second-order valence-electron chi connectivity index (χ2n) is 14.9. The minimum atomic E-state index is 0.182. The van der Waals surface area contributed by atoms with Crippen LogP contribution in [0.2, 0.25) is 0 Å². The van der Waals surface area contributed by atoms with Crippen LogP contribution >= 0.6 is 0 Å². The number of allylic oxidation sites excluding steroid dienone is 4. The zero-order chi connectivity index (χ0) is 31.6. The molecule has 4 nitrogen and oxygen atoms in total. The van der Waals surface area contributed by atoms with Crippen molar-refractivity contribution in [2.24, 2.45) is 5.41 Å². The van der Waals surface area contributed by atoms with E-state index in [2.05, 4.69) is 152 Å². The zero-order valence-electron chi connectivity index (χ0n) is 28.2. The van der Waals surface area contributed by atoms with Crippen molar-refractivity contribution in [2.75, 3.05) is 0 Å². The maximum Gasteiger partial charge on any atom is 0.137 e. The molecule has 4 heteroatoms. The molecule has 0 unspecified atom stereocenters. The van der Waals surface area contributed by atoms with Crippen LogP contribution < -0.4 is 0 Å². The molecule has 0 fully saturated rings. The van der Waals surface area contributed by atoms with Crippen LogP contribution in [0.5, 0.6) is 0 Å². The predicted molar refractivity (Wildman–Crippen MR) is 182 cm³/mol. The summed E-state index contributed by atoms with van der Waals surface area (Å²) in [6, 6.07) is 12.3. The monoisotopic (exact) mass is 566 g/mol. The van der Waals surface area contributed by atoms with Crippen LogP contribution in [-0.2, 0) is 16.2 Å². The number of pyridine rings is 3. The molecule has 5 rings (SSSR count). The van der Waals surface area contributed by atoms with Crippen LogP contribution in [0.4, 0.5) is 0 Å². The molecule has 0 spiro atoms. The van der Waals surface area contributed by atoms with Crippen molar-refractivity contribution in [2.45, 2.75) is 106 Å². The van der Waals surface area contributed by atoms with Gasteiger partial charge in [0.15, 0.2) is 0 Å². The molecular formula is C38H54N4. The Morgan fingerprint density at radius 1 is 0.619 bits per heavy atom. The third kappa shape index (κ3) is 11.4. The molecule has 1 aliphatic rings. The summed E-state index contributed by atoms with van der Waals surface area (Å²) in [5, 5.41) is 1.23. The molecule has 1 N–H and O–H groups in total. The summed E-state index contributed by atoms with van der Waals surface area (Å²) < 4.78 is 0. The van der Waals surface area contributed by atoms with Gasteiger partial charge in [0.05, 0.1) is 0 Å². The number of nitrogens with one attached hydrogen (secondary N) is 1. The second kappa shape index (κ2) is 14.6. The van der Waals surface area contributed by atoms with E-state index in [4.69, 9.17) is 0 Å². The molecule has 4 aromatic heterocycles. The fourth-order valence-electron chi connectivity index (χ4n) is 4.25. The average molecular weight is 567 g/mol. The molecule has 0 aliphatic heterocycles. The third-order valence-electron chi connectivity index (χ3n) is 6.97. The van der Waals surface area contributed by atoms with Crippen molar-refractivity contribution in [1.29, 1.82) is 0 Å². The first kappa shape index (κ1) is 34.7. The second-order valence-corrected chi connectivity index (χ2v) is 14.9. The van der Waals surface area contributed by atoms with Gasteiger partial charge in [0.2, 0.25) is 0 Å². The van der Waals surface area contributed by atoms with Crippen molar-refractivity contribution in [3.8, 4) is 0 Å². The Hall–Kier alpha value is -3.53. The van der Waals surface area contributed by atoms with Gasteiger partial charge in [0, 0.05) is 42.6 Å². The summed E-state index contributed by atoms with van der Waals surface area (Å²) >= 11 is 0. The molecule has 4 heterocycles. The Kier molecular flexibility index (Phi) is 12.0. The largest absolute Gasteiger partial charge is 0.346 e. The fraction of sp³-hybridized carbons (Fsp3) is 0.447. The van der Waals surface area contributed by atoms with E-state index in [1.165, 1.54) is 27.6 Å². The van der Waals surface area contributed by atoms with Crippen LogP contribution in [0.15, 0.2) is 97.4 Å². The van der Waals surface area contributed by atoms with E-state index < -0.39 is 0 Å². The van der Waals surface area contributed by atoms with Gasteiger partial charge in [0.1, 0.15) is 5.65 Å². The smallest absolute Gasteiger partial charge is 0.137 e. The van der Waals surface area contributed by atoms with Gasteiger partial charge in [-0.15, -0.1) is 0 Å². The topological polar surface area (TPSA) is 54.5 Å². The molecule has 0 aromatic carbocycles. The van der Waals surface area contributed by atoms with Crippen molar-refractivity contribution in [1.82, 2.24) is 19.9 Å². The molecular weight excluding hydrogens is 512 g/mol. The zero-order valence-corrected chi connectivity index (χ0v) is 28.2. The molecule has 0 bridgehead atoms.